The molecule has 0 unspecified atom stereocenters. The zero-order valence-corrected chi connectivity index (χ0v) is 9.15. The number of thiocarbonyl (C=S) groups is 1. The van der Waals surface area contributed by atoms with Gasteiger partial charge in [-0.2, -0.15) is 0 Å². The molecule has 0 saturated carbocycles. The van der Waals surface area contributed by atoms with Crippen molar-refractivity contribution in [1.82, 2.24) is 10.6 Å². The second-order valence-electron chi connectivity index (χ2n) is 2.78. The van der Waals surface area contributed by atoms with Gasteiger partial charge in [-0.15, -0.1) is 0 Å². The van der Waals surface area contributed by atoms with Gasteiger partial charge in [0.25, 0.3) is 0 Å². The summed E-state index contributed by atoms with van der Waals surface area (Å²) in [5.41, 5.74) is 1.14. The van der Waals surface area contributed by atoms with Crippen LogP contribution in [0.3, 0.4) is 0 Å². The first-order chi connectivity index (χ1) is 6.76. The monoisotopic (exact) mass is 210 g/mol. The fraction of sp³-hybridized carbons (Fsp3) is 0.300. The molecular formula is C10H14N2OS. The number of methoxy groups -OCH3 is 1. The highest BCUT2D eigenvalue weighted by Crippen LogP contribution is 2.11. The van der Waals surface area contributed by atoms with E-state index < -0.39 is 0 Å². The molecule has 0 spiro atoms. The summed E-state index contributed by atoms with van der Waals surface area (Å²) < 4.78 is 5.11. The van der Waals surface area contributed by atoms with Crippen LogP contribution in [0.25, 0.3) is 0 Å². The van der Waals surface area contributed by atoms with Gasteiger partial charge < -0.3 is 15.4 Å². The van der Waals surface area contributed by atoms with Crippen LogP contribution in [-0.4, -0.2) is 19.3 Å². The van der Waals surface area contributed by atoms with Gasteiger partial charge in [-0.3, -0.25) is 0 Å². The number of hydrogen-bond acceptors (Lipinski definition) is 2. The van der Waals surface area contributed by atoms with Crippen LogP contribution in [-0.2, 0) is 6.54 Å². The van der Waals surface area contributed by atoms with Crippen molar-refractivity contribution in [3.8, 4) is 5.75 Å². The molecule has 0 amide bonds. The number of rotatable bonds is 3. The summed E-state index contributed by atoms with van der Waals surface area (Å²) in [6.45, 7) is 0.705. The second-order valence-corrected chi connectivity index (χ2v) is 3.19. The lowest BCUT2D eigenvalue weighted by atomic mass is 10.2. The minimum atomic E-state index is 0.646. The molecule has 3 nitrogen and oxygen atoms in total. The van der Waals surface area contributed by atoms with Crippen LogP contribution in [0.5, 0.6) is 5.75 Å². The van der Waals surface area contributed by atoms with Crippen LogP contribution < -0.4 is 15.4 Å². The maximum absolute atomic E-state index is 5.11. The molecule has 0 radical (unpaired) electrons. The summed E-state index contributed by atoms with van der Waals surface area (Å²) in [4.78, 5) is 0. The number of benzene rings is 1. The van der Waals surface area contributed by atoms with Crippen molar-refractivity contribution in [2.75, 3.05) is 14.2 Å². The standard InChI is InChI=1S/C10H14N2OS/c1-11-10(14)12-7-8-4-3-5-9(6-8)13-2/h3-6H,7H2,1-2H3,(H2,11,12,14). The van der Waals surface area contributed by atoms with Gasteiger partial charge in [-0.05, 0) is 29.9 Å². The molecule has 2 N–H and O–H groups in total. The molecule has 4 heteroatoms. The average molecular weight is 210 g/mol. The SMILES string of the molecule is CNC(=S)NCc1cccc(OC)c1. The van der Waals surface area contributed by atoms with Crippen molar-refractivity contribution in [1.29, 1.82) is 0 Å². The Balaban J connectivity index is 2.54. The Morgan fingerprint density at radius 1 is 1.50 bits per heavy atom. The lowest BCUT2D eigenvalue weighted by Gasteiger charge is -2.07. The molecule has 76 valence electrons. The molecule has 1 aromatic rings. The summed E-state index contributed by atoms with van der Waals surface area (Å²) in [5, 5.41) is 6.56. The van der Waals surface area contributed by atoms with Gasteiger partial charge in [0.05, 0.1) is 7.11 Å². The highest BCUT2D eigenvalue weighted by Gasteiger charge is 1.96. The van der Waals surface area contributed by atoms with Gasteiger partial charge in [-0.25, -0.2) is 0 Å². The van der Waals surface area contributed by atoms with Crippen LogP contribution in [0.2, 0.25) is 0 Å². The Morgan fingerprint density at radius 3 is 2.93 bits per heavy atom. The molecule has 14 heavy (non-hydrogen) atoms. The van der Waals surface area contributed by atoms with E-state index >= 15 is 0 Å². The van der Waals surface area contributed by atoms with Gasteiger partial charge in [0.2, 0.25) is 0 Å². The summed E-state index contributed by atoms with van der Waals surface area (Å²) in [6, 6.07) is 7.87. The van der Waals surface area contributed by atoms with E-state index in [1.807, 2.05) is 24.3 Å². The molecule has 1 rings (SSSR count). The summed E-state index contributed by atoms with van der Waals surface area (Å²) in [7, 11) is 3.45. The first-order valence-corrected chi connectivity index (χ1v) is 4.75. The lowest BCUT2D eigenvalue weighted by molar-refractivity contribution is 0.414. The molecular weight excluding hydrogens is 196 g/mol. The third-order valence-corrected chi connectivity index (χ3v) is 2.16. The highest BCUT2D eigenvalue weighted by atomic mass is 32.1. The normalized spacial score (nSPS) is 9.29. The largest absolute Gasteiger partial charge is 0.497 e. The fourth-order valence-electron chi connectivity index (χ4n) is 1.05. The molecule has 0 saturated heterocycles. The smallest absolute Gasteiger partial charge is 0.166 e. The van der Waals surface area contributed by atoms with E-state index in [2.05, 4.69) is 10.6 Å². The topological polar surface area (TPSA) is 33.3 Å². The van der Waals surface area contributed by atoms with E-state index in [1.165, 1.54) is 0 Å². The zero-order chi connectivity index (χ0) is 10.4. The van der Waals surface area contributed by atoms with Crippen molar-refractivity contribution in [2.45, 2.75) is 6.54 Å². The Hall–Kier alpha value is -1.29. The van der Waals surface area contributed by atoms with Crippen molar-refractivity contribution in [3.63, 3.8) is 0 Å². The first kappa shape index (κ1) is 10.8. The molecule has 1 aromatic carbocycles. The van der Waals surface area contributed by atoms with Crippen molar-refractivity contribution < 1.29 is 4.74 Å². The zero-order valence-electron chi connectivity index (χ0n) is 8.33. The molecule has 0 aliphatic carbocycles. The van der Waals surface area contributed by atoms with Crippen LogP contribution in [0, 0.1) is 0 Å². The molecule has 0 atom stereocenters. The van der Waals surface area contributed by atoms with Crippen molar-refractivity contribution in [2.24, 2.45) is 0 Å². The van der Waals surface area contributed by atoms with Crippen LogP contribution in [0.15, 0.2) is 24.3 Å². The predicted molar refractivity (Wildman–Crippen MR) is 61.5 cm³/mol. The lowest BCUT2D eigenvalue weighted by Crippen LogP contribution is -2.31. The molecule has 0 fully saturated rings. The van der Waals surface area contributed by atoms with E-state index in [0.717, 1.165) is 11.3 Å². The molecule has 0 aliphatic rings. The maximum Gasteiger partial charge on any atom is 0.166 e. The van der Waals surface area contributed by atoms with Crippen LogP contribution >= 0.6 is 12.2 Å². The Kier molecular flexibility index (Phi) is 4.19. The third-order valence-electron chi connectivity index (χ3n) is 1.81. The van der Waals surface area contributed by atoms with Gasteiger partial charge >= 0.3 is 0 Å². The second kappa shape index (κ2) is 5.44. The van der Waals surface area contributed by atoms with Gasteiger partial charge in [0, 0.05) is 13.6 Å². The van der Waals surface area contributed by atoms with Crippen molar-refractivity contribution in [3.05, 3.63) is 29.8 Å². The number of nitrogens with one attached hydrogen (secondary N) is 2. The predicted octanol–water partition coefficient (Wildman–Crippen LogP) is 1.29. The summed E-state index contributed by atoms with van der Waals surface area (Å²) in [6.07, 6.45) is 0. The highest BCUT2D eigenvalue weighted by molar-refractivity contribution is 7.80. The average Bonchev–Trinajstić information content (AvgIpc) is 2.26. The molecule has 0 aromatic heterocycles. The van der Waals surface area contributed by atoms with Gasteiger partial charge in [0.15, 0.2) is 5.11 Å². The Bertz CT molecular complexity index is 315. The van der Waals surface area contributed by atoms with E-state index in [4.69, 9.17) is 17.0 Å². The van der Waals surface area contributed by atoms with E-state index in [9.17, 15) is 0 Å². The molecule has 0 aliphatic heterocycles. The van der Waals surface area contributed by atoms with E-state index in [0.29, 0.717) is 11.7 Å². The van der Waals surface area contributed by atoms with Crippen molar-refractivity contribution >= 4 is 17.3 Å². The quantitative estimate of drug-likeness (QED) is 0.737. The summed E-state index contributed by atoms with van der Waals surface area (Å²) >= 11 is 4.96. The first-order valence-electron chi connectivity index (χ1n) is 4.34. The van der Waals surface area contributed by atoms with E-state index in [-0.39, 0.29) is 0 Å². The maximum atomic E-state index is 5.11. The van der Waals surface area contributed by atoms with Gasteiger partial charge in [0.1, 0.15) is 5.75 Å². The number of ether oxygens (including phenoxy) is 1. The fourth-order valence-corrected chi connectivity index (χ4v) is 1.13. The minimum Gasteiger partial charge on any atom is -0.497 e. The van der Waals surface area contributed by atoms with Crippen LogP contribution in [0.1, 0.15) is 5.56 Å². The third kappa shape index (κ3) is 3.22. The van der Waals surface area contributed by atoms with Gasteiger partial charge in [-0.1, -0.05) is 12.1 Å². The Labute approximate surface area is 89.5 Å². The Morgan fingerprint density at radius 2 is 2.29 bits per heavy atom. The number of hydrogen-bond donors (Lipinski definition) is 2. The summed E-state index contributed by atoms with van der Waals surface area (Å²) in [5.74, 6) is 0.861. The molecule has 0 heterocycles. The minimum absolute atomic E-state index is 0.646. The van der Waals surface area contributed by atoms with E-state index in [1.54, 1.807) is 14.2 Å². The van der Waals surface area contributed by atoms with Crippen LogP contribution in [0.4, 0.5) is 0 Å². The molecule has 0 bridgehead atoms.